The quantitative estimate of drug-likeness (QED) is 0.752. The first-order chi connectivity index (χ1) is 11.2. The highest BCUT2D eigenvalue weighted by Gasteiger charge is 2.17. The maximum atomic E-state index is 12.5. The molecule has 5 heteroatoms. The molecule has 0 bridgehead atoms. The minimum absolute atomic E-state index is 0.126. The maximum Gasteiger partial charge on any atom is 0.251 e. The van der Waals surface area contributed by atoms with Gasteiger partial charge in [0.2, 0.25) is 0 Å². The Morgan fingerprint density at radius 2 is 2.22 bits per heavy atom. The zero-order valence-electron chi connectivity index (χ0n) is 13.2. The molecule has 2 N–H and O–H groups in total. The Morgan fingerprint density at radius 1 is 1.35 bits per heavy atom. The number of H-pyrrole nitrogens is 1. The third kappa shape index (κ3) is 3.34. The Bertz CT molecular complexity index is 790. The van der Waals surface area contributed by atoms with Crippen LogP contribution in [0.1, 0.15) is 41.3 Å². The fraction of sp³-hybridized carbons (Fsp3) is 0.222. The molecule has 0 aliphatic rings. The van der Waals surface area contributed by atoms with E-state index in [1.807, 2.05) is 44.2 Å². The van der Waals surface area contributed by atoms with E-state index < -0.39 is 0 Å². The van der Waals surface area contributed by atoms with Gasteiger partial charge in [-0.1, -0.05) is 19.1 Å². The van der Waals surface area contributed by atoms with E-state index in [0.717, 1.165) is 29.3 Å². The van der Waals surface area contributed by atoms with Gasteiger partial charge < -0.3 is 14.7 Å². The largest absolute Gasteiger partial charge is 0.464 e. The number of furan rings is 1. The monoisotopic (exact) mass is 309 g/mol. The first-order valence-electron chi connectivity index (χ1n) is 7.63. The van der Waals surface area contributed by atoms with E-state index in [9.17, 15) is 4.79 Å². The molecule has 0 aliphatic heterocycles. The third-order valence-corrected chi connectivity index (χ3v) is 3.70. The van der Waals surface area contributed by atoms with Crippen molar-refractivity contribution in [3.63, 3.8) is 0 Å². The number of imidazole rings is 1. The van der Waals surface area contributed by atoms with Crippen LogP contribution in [0.5, 0.6) is 0 Å². The van der Waals surface area contributed by atoms with Gasteiger partial charge in [0, 0.05) is 23.0 Å². The topological polar surface area (TPSA) is 70.9 Å². The van der Waals surface area contributed by atoms with Crippen LogP contribution in [0.2, 0.25) is 0 Å². The van der Waals surface area contributed by atoms with Gasteiger partial charge in [-0.15, -0.1) is 0 Å². The Balaban J connectivity index is 1.79. The number of benzene rings is 1. The molecule has 0 saturated heterocycles. The van der Waals surface area contributed by atoms with Crippen molar-refractivity contribution in [3.05, 3.63) is 65.9 Å². The van der Waals surface area contributed by atoms with Gasteiger partial charge in [-0.3, -0.25) is 4.79 Å². The second-order valence-corrected chi connectivity index (χ2v) is 5.44. The molecule has 1 amide bonds. The molecule has 3 aromatic rings. The van der Waals surface area contributed by atoms with Crippen molar-refractivity contribution in [2.24, 2.45) is 0 Å². The minimum Gasteiger partial charge on any atom is -0.464 e. The van der Waals surface area contributed by atoms with Gasteiger partial charge in [0.25, 0.3) is 5.91 Å². The van der Waals surface area contributed by atoms with Crippen LogP contribution in [0.3, 0.4) is 0 Å². The zero-order valence-corrected chi connectivity index (χ0v) is 13.2. The van der Waals surface area contributed by atoms with Crippen LogP contribution in [0, 0.1) is 6.92 Å². The number of hydrogen-bond acceptors (Lipinski definition) is 3. The molecule has 0 radical (unpaired) electrons. The summed E-state index contributed by atoms with van der Waals surface area (Å²) in [5, 5.41) is 3.02. The molecule has 3 rings (SSSR count). The number of aromatic nitrogens is 2. The highest BCUT2D eigenvalue weighted by atomic mass is 16.3. The van der Waals surface area contributed by atoms with Gasteiger partial charge >= 0.3 is 0 Å². The number of amides is 1. The average molecular weight is 309 g/mol. The predicted molar refractivity (Wildman–Crippen MR) is 88.0 cm³/mol. The molecule has 2 aromatic heterocycles. The molecule has 0 aliphatic carbocycles. The number of carbonyl (C=O) groups is 1. The first kappa shape index (κ1) is 15.1. The lowest BCUT2D eigenvalue weighted by atomic mass is 10.1. The fourth-order valence-corrected chi connectivity index (χ4v) is 2.47. The van der Waals surface area contributed by atoms with Crippen molar-refractivity contribution in [1.82, 2.24) is 15.3 Å². The number of nitrogens with one attached hydrogen (secondary N) is 2. The Morgan fingerprint density at radius 3 is 2.87 bits per heavy atom. The van der Waals surface area contributed by atoms with Crippen molar-refractivity contribution >= 4 is 5.91 Å². The average Bonchev–Trinajstić information content (AvgIpc) is 3.24. The summed E-state index contributed by atoms with van der Waals surface area (Å²) in [5.74, 6) is 1.40. The molecule has 23 heavy (non-hydrogen) atoms. The van der Waals surface area contributed by atoms with Crippen molar-refractivity contribution < 1.29 is 9.21 Å². The number of hydrogen-bond donors (Lipinski definition) is 2. The molecular formula is C18H19N3O2. The van der Waals surface area contributed by atoms with Gasteiger partial charge in [-0.2, -0.15) is 0 Å². The molecule has 0 fully saturated rings. The van der Waals surface area contributed by atoms with Crippen molar-refractivity contribution in [2.45, 2.75) is 26.3 Å². The van der Waals surface area contributed by atoms with Gasteiger partial charge in [0.05, 0.1) is 12.3 Å². The van der Waals surface area contributed by atoms with Crippen LogP contribution in [0.25, 0.3) is 11.3 Å². The maximum absolute atomic E-state index is 12.5. The van der Waals surface area contributed by atoms with Gasteiger partial charge in [0.15, 0.2) is 0 Å². The van der Waals surface area contributed by atoms with Gasteiger partial charge in [0.1, 0.15) is 11.6 Å². The Labute approximate surface area is 134 Å². The van der Waals surface area contributed by atoms with E-state index in [1.54, 1.807) is 18.5 Å². The number of rotatable bonds is 5. The zero-order chi connectivity index (χ0) is 16.2. The molecular weight excluding hydrogens is 290 g/mol. The van der Waals surface area contributed by atoms with Crippen LogP contribution in [0.4, 0.5) is 0 Å². The highest BCUT2D eigenvalue weighted by Crippen LogP contribution is 2.21. The van der Waals surface area contributed by atoms with E-state index in [4.69, 9.17) is 4.42 Å². The van der Waals surface area contributed by atoms with Crippen molar-refractivity contribution in [3.8, 4) is 11.3 Å². The second kappa shape index (κ2) is 6.52. The minimum atomic E-state index is -0.136. The lowest BCUT2D eigenvalue weighted by molar-refractivity contribution is 0.0934. The summed E-state index contributed by atoms with van der Waals surface area (Å²) < 4.78 is 5.38. The Hall–Kier alpha value is -2.82. The molecule has 0 saturated carbocycles. The summed E-state index contributed by atoms with van der Waals surface area (Å²) in [6, 6.07) is 11.0. The molecule has 1 aromatic carbocycles. The summed E-state index contributed by atoms with van der Waals surface area (Å²) >= 11 is 0. The van der Waals surface area contributed by atoms with Crippen LogP contribution in [-0.2, 0) is 0 Å². The van der Waals surface area contributed by atoms with E-state index in [0.29, 0.717) is 5.56 Å². The first-order valence-corrected chi connectivity index (χ1v) is 7.63. The number of carbonyl (C=O) groups excluding carboxylic acids is 1. The standard InChI is InChI=1S/C18H19N3O2/c1-3-15(17-19-11-12(2)20-17)21-18(22)14-7-4-6-13(10-14)16-8-5-9-23-16/h4-11,15H,3H2,1-2H3,(H,19,20)(H,21,22)/t15-/m1/s1. The van der Waals surface area contributed by atoms with Gasteiger partial charge in [-0.25, -0.2) is 4.98 Å². The summed E-state index contributed by atoms with van der Waals surface area (Å²) in [7, 11) is 0. The fourth-order valence-electron chi connectivity index (χ4n) is 2.47. The lowest BCUT2D eigenvalue weighted by Crippen LogP contribution is -2.28. The molecule has 118 valence electrons. The van der Waals surface area contributed by atoms with Crippen molar-refractivity contribution in [2.75, 3.05) is 0 Å². The lowest BCUT2D eigenvalue weighted by Gasteiger charge is -2.15. The summed E-state index contributed by atoms with van der Waals surface area (Å²) in [5.41, 5.74) is 2.46. The number of aryl methyl sites for hydroxylation is 1. The molecule has 5 nitrogen and oxygen atoms in total. The van der Waals surface area contributed by atoms with Gasteiger partial charge in [-0.05, 0) is 37.6 Å². The summed E-state index contributed by atoms with van der Waals surface area (Å²) in [6.07, 6.45) is 4.15. The normalized spacial score (nSPS) is 12.1. The third-order valence-electron chi connectivity index (χ3n) is 3.70. The Kier molecular flexibility index (Phi) is 4.28. The van der Waals surface area contributed by atoms with E-state index in [1.165, 1.54) is 0 Å². The number of aromatic amines is 1. The molecule has 0 unspecified atom stereocenters. The summed E-state index contributed by atoms with van der Waals surface area (Å²) in [4.78, 5) is 20.0. The van der Waals surface area contributed by atoms with E-state index in [-0.39, 0.29) is 11.9 Å². The molecule has 0 spiro atoms. The molecule has 1 atom stereocenters. The smallest absolute Gasteiger partial charge is 0.251 e. The highest BCUT2D eigenvalue weighted by molar-refractivity contribution is 5.95. The molecule has 2 heterocycles. The van der Waals surface area contributed by atoms with Crippen LogP contribution >= 0.6 is 0 Å². The van der Waals surface area contributed by atoms with Crippen LogP contribution < -0.4 is 5.32 Å². The second-order valence-electron chi connectivity index (χ2n) is 5.44. The van der Waals surface area contributed by atoms with Crippen molar-refractivity contribution in [1.29, 1.82) is 0 Å². The van der Waals surface area contributed by atoms with E-state index >= 15 is 0 Å². The predicted octanol–water partition coefficient (Wildman–Crippen LogP) is 3.86. The SMILES string of the molecule is CC[C@@H](NC(=O)c1cccc(-c2ccco2)c1)c1ncc(C)[nH]1. The van der Waals surface area contributed by atoms with Crippen LogP contribution in [-0.4, -0.2) is 15.9 Å². The summed E-state index contributed by atoms with van der Waals surface area (Å²) in [6.45, 7) is 3.96. The number of nitrogens with zero attached hydrogens (tertiary/aromatic N) is 1. The van der Waals surface area contributed by atoms with Crippen LogP contribution in [0.15, 0.2) is 53.3 Å². The van der Waals surface area contributed by atoms with E-state index in [2.05, 4.69) is 15.3 Å².